The van der Waals surface area contributed by atoms with Gasteiger partial charge in [0.2, 0.25) is 0 Å². The maximum absolute atomic E-state index is 5.61. The Hall–Kier alpha value is -0.810. The van der Waals surface area contributed by atoms with Gasteiger partial charge in [0.05, 0.1) is 13.2 Å². The third-order valence-corrected chi connectivity index (χ3v) is 3.26. The molecule has 0 aromatic heterocycles. The van der Waals surface area contributed by atoms with Gasteiger partial charge in [-0.15, -0.1) is 0 Å². The van der Waals surface area contributed by atoms with Gasteiger partial charge < -0.3 is 15.4 Å². The molecule has 0 aliphatic heterocycles. The minimum atomic E-state index is -0.0108. The average molecular weight is 291 g/mol. The fourth-order valence-corrected chi connectivity index (χ4v) is 1.76. The lowest BCUT2D eigenvalue weighted by molar-refractivity contribution is 0.129. The monoisotopic (exact) mass is 290 g/mol. The van der Waals surface area contributed by atoms with Crippen molar-refractivity contribution < 1.29 is 4.74 Å². The Balaban J connectivity index is 5.14. The van der Waals surface area contributed by atoms with Crippen molar-refractivity contribution >= 4 is 22.7 Å². The number of halogens is 1. The number of hydrogen-bond donors (Lipinski definition) is 1. The Morgan fingerprint density at radius 3 is 2.37 bits per heavy atom. The van der Waals surface area contributed by atoms with Crippen molar-refractivity contribution in [2.75, 3.05) is 33.4 Å². The summed E-state index contributed by atoms with van der Waals surface area (Å²) in [4.78, 5) is 10.8. The highest BCUT2D eigenvalue weighted by Gasteiger charge is 2.27. The van der Waals surface area contributed by atoms with Crippen molar-refractivity contribution in [2.45, 2.75) is 39.7 Å². The van der Waals surface area contributed by atoms with Crippen LogP contribution in [0.25, 0.3) is 0 Å². The summed E-state index contributed by atoms with van der Waals surface area (Å²) in [7, 11) is 1.70. The molecule has 0 saturated carbocycles. The molecule has 0 heterocycles. The molecule has 0 atom stereocenters. The molecule has 112 valence electrons. The molecule has 0 aliphatic rings. The highest BCUT2D eigenvalue weighted by molar-refractivity contribution is 6.64. The van der Waals surface area contributed by atoms with Gasteiger partial charge in [0.15, 0.2) is 5.29 Å². The first-order valence-electron chi connectivity index (χ1n) is 6.64. The lowest BCUT2D eigenvalue weighted by Gasteiger charge is -2.40. The predicted octanol–water partition coefficient (Wildman–Crippen LogP) is 2.10. The van der Waals surface area contributed by atoms with Gasteiger partial charge in [-0.05, 0) is 38.8 Å². The number of ether oxygens (including phenoxy) is 1. The Morgan fingerprint density at radius 1 is 1.32 bits per heavy atom. The molecular weight excluding hydrogens is 264 g/mol. The molecule has 0 amide bonds. The van der Waals surface area contributed by atoms with Crippen LogP contribution in [0.2, 0.25) is 0 Å². The van der Waals surface area contributed by atoms with Crippen LogP contribution in [0, 0.1) is 0 Å². The van der Waals surface area contributed by atoms with E-state index in [1.54, 1.807) is 7.11 Å². The van der Waals surface area contributed by atoms with Gasteiger partial charge in [-0.3, -0.25) is 9.98 Å². The molecule has 0 aromatic carbocycles. The molecule has 0 radical (unpaired) electrons. The first-order valence-corrected chi connectivity index (χ1v) is 7.02. The van der Waals surface area contributed by atoms with Crippen LogP contribution in [-0.2, 0) is 4.74 Å². The van der Waals surface area contributed by atoms with E-state index in [1.807, 2.05) is 6.92 Å². The molecule has 5 nitrogen and oxygen atoms in total. The maximum atomic E-state index is 5.61. The van der Waals surface area contributed by atoms with Crippen molar-refractivity contribution in [1.82, 2.24) is 4.90 Å². The summed E-state index contributed by atoms with van der Waals surface area (Å²) in [6.07, 6.45) is 1.000. The van der Waals surface area contributed by atoms with Crippen molar-refractivity contribution in [3.63, 3.8) is 0 Å². The molecule has 2 N–H and O–H groups in total. The van der Waals surface area contributed by atoms with Gasteiger partial charge >= 0.3 is 0 Å². The highest BCUT2D eigenvalue weighted by atomic mass is 35.5. The second-order valence-electron chi connectivity index (χ2n) is 4.84. The number of nitrogens with zero attached hydrogens (tertiary/aromatic N) is 3. The second-order valence-corrected chi connectivity index (χ2v) is 5.23. The van der Waals surface area contributed by atoms with E-state index in [-0.39, 0.29) is 10.8 Å². The minimum Gasteiger partial charge on any atom is -0.383 e. The van der Waals surface area contributed by atoms with Crippen LogP contribution >= 0.6 is 11.6 Å². The smallest absolute Gasteiger partial charge is 0.189 e. The SMILES string of the molecule is CC/N=C(\C/N=C(\N)Cl)N(CCOC)C(C)(C)CC. The van der Waals surface area contributed by atoms with Gasteiger partial charge in [0.1, 0.15) is 5.84 Å². The number of hydrogen-bond acceptors (Lipinski definition) is 3. The Labute approximate surface area is 121 Å². The van der Waals surface area contributed by atoms with Gasteiger partial charge in [-0.1, -0.05) is 6.92 Å². The fraction of sp³-hybridized carbons (Fsp3) is 0.846. The molecule has 0 aromatic rings. The van der Waals surface area contributed by atoms with Gasteiger partial charge in [0, 0.05) is 25.7 Å². The predicted molar refractivity (Wildman–Crippen MR) is 83.3 cm³/mol. The Bertz CT molecular complexity index is 312. The van der Waals surface area contributed by atoms with Crippen molar-refractivity contribution in [1.29, 1.82) is 0 Å². The van der Waals surface area contributed by atoms with Gasteiger partial charge in [-0.2, -0.15) is 0 Å². The van der Waals surface area contributed by atoms with Crippen LogP contribution in [0.15, 0.2) is 9.98 Å². The van der Waals surface area contributed by atoms with Crippen LogP contribution in [-0.4, -0.2) is 54.9 Å². The van der Waals surface area contributed by atoms with E-state index in [2.05, 4.69) is 35.7 Å². The third-order valence-electron chi connectivity index (χ3n) is 3.14. The molecule has 0 fully saturated rings. The summed E-state index contributed by atoms with van der Waals surface area (Å²) in [5, 5.41) is 0.0600. The molecule has 0 spiro atoms. The number of nitrogens with two attached hydrogens (primary N) is 1. The Morgan fingerprint density at radius 2 is 1.95 bits per heavy atom. The van der Waals surface area contributed by atoms with E-state index < -0.39 is 0 Å². The zero-order valence-electron chi connectivity index (χ0n) is 12.7. The van der Waals surface area contributed by atoms with E-state index in [9.17, 15) is 0 Å². The standard InChI is InChI=1S/C13H27ClN4O/c1-6-13(3,4)18(8-9-19-5)11(16-7-2)10-17-12(14)15/h6-10H2,1-5H3,(H2,15,17)/b16-11+. The summed E-state index contributed by atoms with van der Waals surface area (Å²) >= 11 is 5.61. The number of aliphatic imine (C=N–C) groups is 2. The lowest BCUT2D eigenvalue weighted by atomic mass is 9.99. The van der Waals surface area contributed by atoms with Crippen LogP contribution in [0.3, 0.4) is 0 Å². The minimum absolute atomic E-state index is 0.0108. The van der Waals surface area contributed by atoms with Crippen molar-refractivity contribution in [3.8, 4) is 0 Å². The average Bonchev–Trinajstić information content (AvgIpc) is 2.35. The first-order chi connectivity index (χ1) is 8.88. The summed E-state index contributed by atoms with van der Waals surface area (Å²) < 4.78 is 5.18. The molecule has 0 bridgehead atoms. The van der Waals surface area contributed by atoms with Gasteiger partial charge in [-0.25, -0.2) is 0 Å². The normalized spacial score (nSPS) is 13.8. The third kappa shape index (κ3) is 6.78. The Kier molecular flexibility index (Phi) is 8.76. The van der Waals surface area contributed by atoms with Crippen molar-refractivity contribution in [2.24, 2.45) is 15.7 Å². The van der Waals surface area contributed by atoms with Crippen LogP contribution in [0.1, 0.15) is 34.1 Å². The molecule has 19 heavy (non-hydrogen) atoms. The quantitative estimate of drug-likeness (QED) is 0.423. The first kappa shape index (κ1) is 18.2. The highest BCUT2D eigenvalue weighted by Crippen LogP contribution is 2.19. The molecule has 0 unspecified atom stereocenters. The van der Waals surface area contributed by atoms with E-state index >= 15 is 0 Å². The van der Waals surface area contributed by atoms with Crippen LogP contribution in [0.5, 0.6) is 0 Å². The van der Waals surface area contributed by atoms with E-state index in [4.69, 9.17) is 22.1 Å². The summed E-state index contributed by atoms with van der Waals surface area (Å²) in [5.74, 6) is 0.898. The summed E-state index contributed by atoms with van der Waals surface area (Å²) in [5.41, 5.74) is 5.39. The van der Waals surface area contributed by atoms with E-state index in [0.29, 0.717) is 19.7 Å². The van der Waals surface area contributed by atoms with E-state index in [0.717, 1.165) is 18.8 Å². The number of rotatable bonds is 8. The van der Waals surface area contributed by atoms with Crippen LogP contribution < -0.4 is 5.73 Å². The zero-order valence-corrected chi connectivity index (χ0v) is 13.5. The van der Waals surface area contributed by atoms with E-state index in [1.165, 1.54) is 0 Å². The topological polar surface area (TPSA) is 63.2 Å². The number of amidine groups is 2. The van der Waals surface area contributed by atoms with Gasteiger partial charge in [0.25, 0.3) is 0 Å². The largest absolute Gasteiger partial charge is 0.383 e. The molecular formula is C13H27ClN4O. The number of methoxy groups -OCH3 is 1. The summed E-state index contributed by atoms with van der Waals surface area (Å²) in [6, 6.07) is 0. The zero-order chi connectivity index (χ0) is 14.9. The summed E-state index contributed by atoms with van der Waals surface area (Å²) in [6.45, 7) is 11.0. The molecule has 0 aliphatic carbocycles. The molecule has 0 saturated heterocycles. The molecule has 0 rings (SSSR count). The molecule has 6 heteroatoms. The van der Waals surface area contributed by atoms with Crippen molar-refractivity contribution in [3.05, 3.63) is 0 Å². The van der Waals surface area contributed by atoms with Crippen LogP contribution in [0.4, 0.5) is 0 Å². The second kappa shape index (κ2) is 9.15. The lowest BCUT2D eigenvalue weighted by Crippen LogP contribution is -2.50. The fourth-order valence-electron chi connectivity index (χ4n) is 1.70. The maximum Gasteiger partial charge on any atom is 0.189 e.